The maximum absolute atomic E-state index is 13.6. The first-order chi connectivity index (χ1) is 31.3. The van der Waals surface area contributed by atoms with Crippen molar-refractivity contribution in [3.63, 3.8) is 0 Å². The molecular weight excluding hydrogens is 835 g/mol. The second-order valence-electron chi connectivity index (χ2n) is 16.8. The number of alkyl carbamates (subject to hydrolysis) is 2. The van der Waals surface area contributed by atoms with Gasteiger partial charge in [-0.25, -0.2) is 19.2 Å². The van der Waals surface area contributed by atoms with Crippen LogP contribution in [0.4, 0.5) is 24.9 Å². The summed E-state index contributed by atoms with van der Waals surface area (Å²) in [5, 5.41) is 11.3. The fourth-order valence-electron chi connectivity index (χ4n) is 7.06. The molecule has 4 aromatic rings. The number of hydrogen-bond acceptors (Lipinski definition) is 11. The Morgan fingerprint density at radius 1 is 0.677 bits per heavy atom. The first kappa shape index (κ1) is 47.6. The third-order valence-electron chi connectivity index (χ3n) is 10.6. The number of hydrogen-bond donors (Lipinski definition) is 5. The van der Waals surface area contributed by atoms with Gasteiger partial charge in [-0.2, -0.15) is 0 Å². The molecule has 3 atom stereocenters. The van der Waals surface area contributed by atoms with Crippen LogP contribution in [-0.4, -0.2) is 103 Å². The molecule has 2 heterocycles. The third-order valence-corrected chi connectivity index (χ3v) is 10.6. The number of carbonyl (C=O) groups is 5. The van der Waals surface area contributed by atoms with E-state index in [4.69, 9.17) is 29.4 Å². The summed E-state index contributed by atoms with van der Waals surface area (Å²) in [7, 11) is 0. The molecule has 6 amide bonds. The van der Waals surface area contributed by atoms with Crippen molar-refractivity contribution in [3.8, 4) is 0 Å². The maximum atomic E-state index is 13.6. The number of nitrogens with zero attached hydrogens (tertiary/aromatic N) is 2. The molecule has 65 heavy (non-hydrogen) atoms. The number of piperazine rings is 1. The second kappa shape index (κ2) is 23.2. The topological polar surface area (TPSA) is 212 Å². The summed E-state index contributed by atoms with van der Waals surface area (Å²) in [6.07, 6.45) is -3.56. The molecule has 2 saturated heterocycles. The molecule has 6 rings (SSSR count). The van der Waals surface area contributed by atoms with Gasteiger partial charge in [0.15, 0.2) is 0 Å². The quantitative estimate of drug-likeness (QED) is 0.0705. The zero-order chi connectivity index (χ0) is 46.2. The van der Waals surface area contributed by atoms with Gasteiger partial charge in [0, 0.05) is 70.0 Å². The number of amides is 6. The maximum Gasteiger partial charge on any atom is 0.410 e. The van der Waals surface area contributed by atoms with Crippen molar-refractivity contribution in [3.05, 3.63) is 137 Å². The molecule has 0 aromatic heterocycles. The van der Waals surface area contributed by atoms with Gasteiger partial charge in [0.25, 0.3) is 5.91 Å². The molecule has 0 aliphatic carbocycles. The van der Waals surface area contributed by atoms with E-state index in [1.165, 1.54) is 0 Å². The molecule has 4 aromatic carbocycles. The van der Waals surface area contributed by atoms with Crippen LogP contribution in [0.5, 0.6) is 0 Å². The van der Waals surface area contributed by atoms with E-state index in [1.54, 1.807) is 67.0 Å². The van der Waals surface area contributed by atoms with Crippen molar-refractivity contribution in [2.24, 2.45) is 0 Å². The molecule has 346 valence electrons. The molecule has 0 saturated carbocycles. The highest BCUT2D eigenvalue weighted by Crippen LogP contribution is 2.24. The minimum Gasteiger partial charge on any atom is -0.447 e. The smallest absolute Gasteiger partial charge is 0.410 e. The van der Waals surface area contributed by atoms with E-state index in [9.17, 15) is 24.0 Å². The lowest BCUT2D eigenvalue weighted by Crippen LogP contribution is -2.55. The van der Waals surface area contributed by atoms with Gasteiger partial charge in [0.2, 0.25) is 0 Å². The molecule has 2 fully saturated rings. The number of nitrogen functional groups attached to an aromatic ring is 1. The van der Waals surface area contributed by atoms with Crippen molar-refractivity contribution >= 4 is 35.9 Å². The number of carbonyl (C=O) groups excluding carboxylic acids is 5. The Labute approximate surface area is 379 Å². The Morgan fingerprint density at radius 3 is 1.94 bits per heavy atom. The minimum absolute atomic E-state index is 0.109. The van der Waals surface area contributed by atoms with Crippen molar-refractivity contribution < 1.29 is 47.7 Å². The van der Waals surface area contributed by atoms with Crippen LogP contribution in [0.15, 0.2) is 103 Å². The summed E-state index contributed by atoms with van der Waals surface area (Å²) < 4.78 is 29.3. The number of anilines is 1. The Bertz CT molecular complexity index is 2190. The number of ether oxygens (including phenoxy) is 5. The molecule has 17 heteroatoms. The minimum atomic E-state index is -0.758. The zero-order valence-corrected chi connectivity index (χ0v) is 37.1. The van der Waals surface area contributed by atoms with E-state index < -0.39 is 42.2 Å². The summed E-state index contributed by atoms with van der Waals surface area (Å²) >= 11 is 0. The van der Waals surface area contributed by atoms with Crippen LogP contribution >= 0.6 is 0 Å². The van der Waals surface area contributed by atoms with Crippen LogP contribution in [-0.2, 0) is 56.5 Å². The van der Waals surface area contributed by atoms with Gasteiger partial charge in [0.1, 0.15) is 30.5 Å². The van der Waals surface area contributed by atoms with Crippen molar-refractivity contribution in [1.82, 2.24) is 31.1 Å². The molecule has 17 nitrogen and oxygen atoms in total. The SMILES string of the molecule is CC(C)(C)OC(=O)NCc1ccc(CNC(=O)N2CCN(C(=O)O[C@@H]3CCO[C@H](COC(=O)NCc4cccc(C(=O)NCc5ccc(N)cc5)c4)[C@H]3OCc3ccccc3)CC2)cc1. The predicted molar refractivity (Wildman–Crippen MR) is 241 cm³/mol. The van der Waals surface area contributed by atoms with E-state index in [0.717, 1.165) is 22.3 Å². The Morgan fingerprint density at radius 2 is 1.26 bits per heavy atom. The molecule has 2 aliphatic rings. The van der Waals surface area contributed by atoms with Crippen LogP contribution in [0.3, 0.4) is 0 Å². The van der Waals surface area contributed by atoms with Gasteiger partial charge in [-0.1, -0.05) is 78.9 Å². The van der Waals surface area contributed by atoms with Crippen LogP contribution in [0, 0.1) is 0 Å². The highest BCUT2D eigenvalue weighted by Gasteiger charge is 2.40. The van der Waals surface area contributed by atoms with E-state index in [1.807, 2.05) is 66.7 Å². The van der Waals surface area contributed by atoms with Gasteiger partial charge >= 0.3 is 24.3 Å². The lowest BCUT2D eigenvalue weighted by molar-refractivity contribution is -0.177. The van der Waals surface area contributed by atoms with E-state index in [0.29, 0.717) is 56.0 Å². The summed E-state index contributed by atoms with van der Waals surface area (Å²) in [6.45, 7) is 7.92. The Hall–Kier alpha value is -6.85. The van der Waals surface area contributed by atoms with Crippen LogP contribution in [0.2, 0.25) is 0 Å². The number of rotatable bonds is 15. The van der Waals surface area contributed by atoms with Gasteiger partial charge in [0.05, 0.1) is 13.2 Å². The normalized spacial score (nSPS) is 17.3. The fourth-order valence-corrected chi connectivity index (χ4v) is 7.06. The van der Waals surface area contributed by atoms with Crippen LogP contribution < -0.4 is 27.0 Å². The van der Waals surface area contributed by atoms with Gasteiger partial charge in [-0.15, -0.1) is 0 Å². The van der Waals surface area contributed by atoms with E-state index >= 15 is 0 Å². The van der Waals surface area contributed by atoms with Crippen molar-refractivity contribution in [1.29, 1.82) is 0 Å². The summed E-state index contributed by atoms with van der Waals surface area (Å²) in [5.74, 6) is -0.258. The predicted octanol–water partition coefficient (Wildman–Crippen LogP) is 5.86. The van der Waals surface area contributed by atoms with E-state index in [2.05, 4.69) is 21.3 Å². The molecule has 0 unspecified atom stereocenters. The number of benzene rings is 4. The standard InChI is InChI=1S/C48H59N7O10/c1-48(2,3)65-46(59)53-29-34-14-12-33(13-15-34)28-51-44(57)54-21-23-55(24-22-54)47(60)64-40-20-25-61-41(42(40)62-31-36-8-5-4-6-9-36)32-63-45(58)52-30-37-10-7-11-38(26-37)43(56)50-27-35-16-18-39(49)19-17-35/h4-19,26,40-42H,20-25,27-32,49H2,1-3H3,(H,50,56)(H,51,57)(H,52,58)(H,53,59)/t40-,41-,42+/m1/s1. The largest absolute Gasteiger partial charge is 0.447 e. The number of nitrogens with two attached hydrogens (primary N) is 1. The Balaban J connectivity index is 0.950. The van der Waals surface area contributed by atoms with Crippen molar-refractivity contribution in [2.45, 2.75) is 83.9 Å². The highest BCUT2D eigenvalue weighted by atomic mass is 16.6. The van der Waals surface area contributed by atoms with Crippen LogP contribution in [0.1, 0.15) is 65.4 Å². The molecule has 6 N–H and O–H groups in total. The lowest BCUT2D eigenvalue weighted by Gasteiger charge is -2.39. The average molecular weight is 894 g/mol. The van der Waals surface area contributed by atoms with Gasteiger partial charge in [-0.3, -0.25) is 4.79 Å². The number of nitrogens with one attached hydrogen (secondary N) is 4. The highest BCUT2D eigenvalue weighted by molar-refractivity contribution is 5.94. The van der Waals surface area contributed by atoms with Crippen molar-refractivity contribution in [2.75, 3.05) is 45.1 Å². The summed E-state index contributed by atoms with van der Waals surface area (Å²) in [6, 6.07) is 31.0. The van der Waals surface area contributed by atoms with Gasteiger partial charge < -0.3 is 60.5 Å². The molecular formula is C48H59N7O10. The lowest BCUT2D eigenvalue weighted by atomic mass is 10.0. The first-order valence-corrected chi connectivity index (χ1v) is 21.7. The third kappa shape index (κ3) is 15.4. The summed E-state index contributed by atoms with van der Waals surface area (Å²) in [4.78, 5) is 67.5. The summed E-state index contributed by atoms with van der Waals surface area (Å²) in [5.41, 5.74) is 10.5. The first-order valence-electron chi connectivity index (χ1n) is 21.7. The molecule has 0 spiro atoms. The molecule has 2 aliphatic heterocycles. The number of urea groups is 1. The fraction of sp³-hybridized carbons (Fsp3) is 0.396. The molecule has 0 radical (unpaired) electrons. The van der Waals surface area contributed by atoms with Gasteiger partial charge in [-0.05, 0) is 72.9 Å². The molecule has 0 bridgehead atoms. The van der Waals surface area contributed by atoms with E-state index in [-0.39, 0.29) is 51.4 Å². The average Bonchev–Trinajstić information content (AvgIpc) is 3.30. The monoisotopic (exact) mass is 893 g/mol. The zero-order valence-electron chi connectivity index (χ0n) is 37.1. The van der Waals surface area contributed by atoms with Crippen LogP contribution in [0.25, 0.3) is 0 Å². The Kier molecular flexibility index (Phi) is 17.0. The second-order valence-corrected chi connectivity index (χ2v) is 16.8.